The molecule has 0 N–H and O–H groups in total. The first kappa shape index (κ1) is 20.9. The van der Waals surface area contributed by atoms with Crippen molar-refractivity contribution in [1.82, 2.24) is 14.9 Å². The zero-order valence-corrected chi connectivity index (χ0v) is 17.3. The monoisotopic (exact) mass is 421 g/mol. The van der Waals surface area contributed by atoms with Crippen molar-refractivity contribution in [3.8, 4) is 17.5 Å². The highest BCUT2D eigenvalue weighted by Gasteiger charge is 2.28. The molecule has 0 radical (unpaired) electrons. The molecule has 1 saturated heterocycles. The molecule has 2 aromatic carbocycles. The van der Waals surface area contributed by atoms with Crippen LogP contribution in [0.2, 0.25) is 0 Å². The van der Waals surface area contributed by atoms with Crippen LogP contribution in [0.5, 0.6) is 17.5 Å². The maximum atomic E-state index is 13.7. The van der Waals surface area contributed by atoms with Crippen molar-refractivity contribution >= 4 is 5.78 Å². The van der Waals surface area contributed by atoms with E-state index in [2.05, 4.69) is 14.9 Å². The van der Waals surface area contributed by atoms with Crippen LogP contribution >= 0.6 is 0 Å². The molecule has 1 aromatic heterocycles. The minimum atomic E-state index is -0.431. The van der Waals surface area contributed by atoms with Gasteiger partial charge in [0, 0.05) is 31.4 Å². The molecule has 4 rings (SSSR count). The van der Waals surface area contributed by atoms with Gasteiger partial charge in [-0.3, -0.25) is 9.69 Å². The van der Waals surface area contributed by atoms with Crippen molar-refractivity contribution in [1.29, 1.82) is 0 Å². The predicted molar refractivity (Wildman–Crippen MR) is 114 cm³/mol. The van der Waals surface area contributed by atoms with Crippen LogP contribution in [0.25, 0.3) is 0 Å². The molecule has 6 nitrogen and oxygen atoms in total. The van der Waals surface area contributed by atoms with Crippen LogP contribution < -0.4 is 9.47 Å². The summed E-state index contributed by atoms with van der Waals surface area (Å²) < 4.78 is 24.6. The summed E-state index contributed by atoms with van der Waals surface area (Å²) in [5, 5.41) is 0. The van der Waals surface area contributed by atoms with Gasteiger partial charge in [-0.1, -0.05) is 12.1 Å². The molecule has 1 aliphatic rings. The number of piperidine rings is 1. The number of halogens is 1. The Morgan fingerprint density at radius 2 is 1.94 bits per heavy atom. The van der Waals surface area contributed by atoms with Gasteiger partial charge >= 0.3 is 6.01 Å². The van der Waals surface area contributed by atoms with Crippen LogP contribution in [0.1, 0.15) is 28.8 Å². The number of Topliss-reactive ketones (excluding diaryl/α,β-unsaturated/α-hetero) is 1. The van der Waals surface area contributed by atoms with E-state index in [4.69, 9.17) is 9.47 Å². The highest BCUT2D eigenvalue weighted by molar-refractivity contribution is 6.00. The first-order chi connectivity index (χ1) is 15.1. The van der Waals surface area contributed by atoms with Gasteiger partial charge in [0.05, 0.1) is 12.7 Å². The fourth-order valence-corrected chi connectivity index (χ4v) is 3.87. The number of hydrogen-bond donors (Lipinski definition) is 0. The van der Waals surface area contributed by atoms with Gasteiger partial charge in [0.1, 0.15) is 17.3 Å². The summed E-state index contributed by atoms with van der Waals surface area (Å²) in [6.45, 7) is 2.28. The Balaban J connectivity index is 1.39. The third-order valence-electron chi connectivity index (χ3n) is 5.38. The summed E-state index contributed by atoms with van der Waals surface area (Å²) >= 11 is 0. The third kappa shape index (κ3) is 5.24. The minimum absolute atomic E-state index is 0.0624. The molecule has 0 amide bonds. The summed E-state index contributed by atoms with van der Waals surface area (Å²) in [5.74, 6) is 0.413. The van der Waals surface area contributed by atoms with E-state index in [0.29, 0.717) is 29.6 Å². The van der Waals surface area contributed by atoms with E-state index in [9.17, 15) is 9.18 Å². The van der Waals surface area contributed by atoms with E-state index in [1.54, 1.807) is 18.5 Å². The molecule has 160 valence electrons. The normalized spacial score (nSPS) is 16.6. The van der Waals surface area contributed by atoms with Crippen molar-refractivity contribution in [3.63, 3.8) is 0 Å². The van der Waals surface area contributed by atoms with Gasteiger partial charge in [-0.2, -0.15) is 0 Å². The summed E-state index contributed by atoms with van der Waals surface area (Å²) in [6.07, 6.45) is 4.97. The number of carbonyl (C=O) groups excluding carboxylic acids is 1. The molecular weight excluding hydrogens is 397 g/mol. The summed E-state index contributed by atoms with van der Waals surface area (Å²) in [4.78, 5) is 23.4. The Kier molecular flexibility index (Phi) is 6.52. The molecule has 1 fully saturated rings. The number of ketones is 1. The van der Waals surface area contributed by atoms with Gasteiger partial charge < -0.3 is 9.47 Å². The van der Waals surface area contributed by atoms with Crippen LogP contribution in [0.3, 0.4) is 0 Å². The van der Waals surface area contributed by atoms with Crippen LogP contribution in [0.4, 0.5) is 4.39 Å². The van der Waals surface area contributed by atoms with Crippen molar-refractivity contribution in [3.05, 3.63) is 77.9 Å². The van der Waals surface area contributed by atoms with E-state index >= 15 is 0 Å². The molecule has 3 aromatic rings. The smallest absolute Gasteiger partial charge is 0.321 e. The Morgan fingerprint density at radius 3 is 2.68 bits per heavy atom. The van der Waals surface area contributed by atoms with Gasteiger partial charge in [0.2, 0.25) is 0 Å². The van der Waals surface area contributed by atoms with Crippen molar-refractivity contribution in [2.75, 3.05) is 20.2 Å². The number of hydrogen-bond acceptors (Lipinski definition) is 6. The fourth-order valence-electron chi connectivity index (χ4n) is 3.87. The van der Waals surface area contributed by atoms with Crippen molar-refractivity contribution in [2.24, 2.45) is 5.92 Å². The van der Waals surface area contributed by atoms with Crippen LogP contribution in [-0.2, 0) is 6.54 Å². The Hall–Kier alpha value is -3.32. The molecule has 1 aliphatic heterocycles. The standard InChI is InChI=1S/C24H24FN3O3/c1-30-22-10-7-19(25)14-21(22)23(29)18-4-2-13-28(16-18)15-17-5-8-20(9-6-17)31-24-26-11-3-12-27-24/h3,5-12,14,18H,2,4,13,15-16H2,1H3/t18-/m1/s1. The predicted octanol–water partition coefficient (Wildman–Crippen LogP) is 4.51. The summed E-state index contributed by atoms with van der Waals surface area (Å²) in [5.41, 5.74) is 1.44. The number of likely N-dealkylation sites (tertiary alicyclic amines) is 1. The largest absolute Gasteiger partial charge is 0.496 e. The molecule has 1 atom stereocenters. The fraction of sp³-hybridized carbons (Fsp3) is 0.292. The van der Waals surface area contributed by atoms with E-state index in [1.165, 1.54) is 25.3 Å². The second-order valence-corrected chi connectivity index (χ2v) is 7.56. The zero-order valence-electron chi connectivity index (χ0n) is 17.3. The number of carbonyl (C=O) groups is 1. The van der Waals surface area contributed by atoms with Crippen molar-refractivity contribution in [2.45, 2.75) is 19.4 Å². The van der Waals surface area contributed by atoms with E-state index in [1.807, 2.05) is 24.3 Å². The lowest BCUT2D eigenvalue weighted by Gasteiger charge is -2.32. The highest BCUT2D eigenvalue weighted by Crippen LogP contribution is 2.28. The van der Waals surface area contributed by atoms with Gasteiger partial charge in [-0.15, -0.1) is 0 Å². The lowest BCUT2D eigenvalue weighted by molar-refractivity contribution is 0.0808. The Bertz CT molecular complexity index is 1030. The Labute approximate surface area is 180 Å². The number of methoxy groups -OCH3 is 1. The molecule has 0 saturated carbocycles. The molecule has 0 bridgehead atoms. The third-order valence-corrected chi connectivity index (χ3v) is 5.38. The number of ether oxygens (including phenoxy) is 2. The average Bonchev–Trinajstić information content (AvgIpc) is 2.81. The van der Waals surface area contributed by atoms with Gasteiger partial charge in [0.15, 0.2) is 5.78 Å². The SMILES string of the molecule is COc1ccc(F)cc1C(=O)[C@@H]1CCCN(Cc2ccc(Oc3ncccn3)cc2)C1. The zero-order chi connectivity index (χ0) is 21.6. The van der Waals surface area contributed by atoms with E-state index in [0.717, 1.165) is 31.5 Å². The molecule has 0 unspecified atom stereocenters. The van der Waals surface area contributed by atoms with Crippen LogP contribution in [-0.4, -0.2) is 40.9 Å². The summed E-state index contributed by atoms with van der Waals surface area (Å²) in [7, 11) is 1.49. The number of rotatable bonds is 7. The Morgan fingerprint density at radius 1 is 1.16 bits per heavy atom. The van der Waals surface area contributed by atoms with Gasteiger partial charge in [-0.05, 0) is 61.3 Å². The number of benzene rings is 2. The van der Waals surface area contributed by atoms with E-state index < -0.39 is 5.82 Å². The lowest BCUT2D eigenvalue weighted by atomic mass is 9.89. The summed E-state index contributed by atoms with van der Waals surface area (Å²) in [6, 6.07) is 13.9. The second-order valence-electron chi connectivity index (χ2n) is 7.56. The first-order valence-electron chi connectivity index (χ1n) is 10.3. The highest BCUT2D eigenvalue weighted by atomic mass is 19.1. The second kappa shape index (κ2) is 9.66. The lowest BCUT2D eigenvalue weighted by Crippen LogP contribution is -2.38. The van der Waals surface area contributed by atoms with Gasteiger partial charge in [-0.25, -0.2) is 14.4 Å². The topological polar surface area (TPSA) is 64.5 Å². The molecule has 2 heterocycles. The molecule has 0 spiro atoms. The first-order valence-corrected chi connectivity index (χ1v) is 10.3. The molecule has 0 aliphatic carbocycles. The number of aromatic nitrogens is 2. The van der Waals surface area contributed by atoms with Crippen molar-refractivity contribution < 1.29 is 18.7 Å². The van der Waals surface area contributed by atoms with Crippen LogP contribution in [0, 0.1) is 11.7 Å². The molecule has 31 heavy (non-hydrogen) atoms. The molecule has 7 heteroatoms. The number of nitrogens with zero attached hydrogens (tertiary/aromatic N) is 3. The molecular formula is C24H24FN3O3. The van der Waals surface area contributed by atoms with E-state index in [-0.39, 0.29) is 11.7 Å². The van der Waals surface area contributed by atoms with Gasteiger partial charge in [0.25, 0.3) is 0 Å². The maximum absolute atomic E-state index is 13.7. The minimum Gasteiger partial charge on any atom is -0.496 e. The maximum Gasteiger partial charge on any atom is 0.321 e. The quantitative estimate of drug-likeness (QED) is 0.523. The van der Waals surface area contributed by atoms with Crippen LogP contribution in [0.15, 0.2) is 60.9 Å². The average molecular weight is 421 g/mol.